The van der Waals surface area contributed by atoms with Crippen LogP contribution in [-0.4, -0.2) is 166 Å². The molecule has 0 spiro atoms. The molecule has 34 nitrogen and oxygen atoms in total. The van der Waals surface area contributed by atoms with Crippen LogP contribution in [0, 0.1) is 72.0 Å². The highest BCUT2D eigenvalue weighted by Gasteiger charge is 2.38. The lowest BCUT2D eigenvalue weighted by atomic mass is 9.89. The van der Waals surface area contributed by atoms with Gasteiger partial charge in [-0.2, -0.15) is 0 Å². The van der Waals surface area contributed by atoms with Crippen LogP contribution in [0.2, 0.25) is 0 Å². The zero-order chi connectivity index (χ0) is 106. The predicted octanol–water partition coefficient (Wildman–Crippen LogP) is 21.1. The topological polar surface area (TPSA) is 440 Å². The molecule has 4 fully saturated rings. The second-order valence-electron chi connectivity index (χ2n) is 43.8. The van der Waals surface area contributed by atoms with Gasteiger partial charge >= 0.3 is 0 Å². The first-order valence-electron chi connectivity index (χ1n) is 50.5. The average molecular weight is 2010 g/mol. The number of aryl methyl sites for hydroxylation is 8. The minimum atomic E-state index is -2.56. The first-order chi connectivity index (χ1) is 68.5. The van der Waals surface area contributed by atoms with Crippen LogP contribution in [0.4, 0.5) is 48.9 Å². The Kier molecular flexibility index (Phi) is 33.8. The Labute approximate surface area is 849 Å². The van der Waals surface area contributed by atoms with Gasteiger partial charge in [0.05, 0.1) is 53.8 Å². The van der Waals surface area contributed by atoms with Crippen molar-refractivity contribution in [3.63, 3.8) is 0 Å². The molecule has 4 aliphatic carbocycles. The molecule has 0 radical (unpaired) electrons. The van der Waals surface area contributed by atoms with Crippen molar-refractivity contribution in [3.8, 4) is 5.69 Å². The monoisotopic (exact) mass is 2010 g/mol. The molecular formula is C109H143F3N24O10. The number of hydrogen-bond donors (Lipinski definition) is 10. The lowest BCUT2D eigenvalue weighted by Gasteiger charge is -2.29. The minimum Gasteiger partial charge on any atom is -0.390 e. The molecule has 0 saturated heterocycles. The van der Waals surface area contributed by atoms with E-state index in [0.29, 0.717) is 95.1 Å². The summed E-state index contributed by atoms with van der Waals surface area (Å²) in [5.74, 6) is 0.947. The zero-order valence-corrected chi connectivity index (χ0v) is 88.4. The first kappa shape index (κ1) is 110. The fourth-order valence-electron chi connectivity index (χ4n) is 17.1. The van der Waals surface area contributed by atoms with E-state index in [1.165, 1.54) is 45.2 Å². The number of anilines is 6. The van der Waals surface area contributed by atoms with Gasteiger partial charge in [0.25, 0.3) is 0 Å². The van der Waals surface area contributed by atoms with Gasteiger partial charge in [-0.1, -0.05) is 78.8 Å². The number of aliphatic hydroxyl groups is 4. The lowest BCUT2D eigenvalue weighted by molar-refractivity contribution is -0.121. The fraction of sp³-hybridized carbons (Fsp3) is 0.505. The summed E-state index contributed by atoms with van der Waals surface area (Å²) in [5.41, 5.74) is 12.0. The number of imidazole rings is 6. The van der Waals surface area contributed by atoms with Gasteiger partial charge in [0, 0.05) is 82.1 Å². The van der Waals surface area contributed by atoms with Crippen molar-refractivity contribution in [1.29, 1.82) is 0 Å². The summed E-state index contributed by atoms with van der Waals surface area (Å²) >= 11 is 0. The zero-order valence-electron chi connectivity index (χ0n) is 88.4. The molecule has 2 unspecified atom stereocenters. The number of fused-ring (bicyclic) bond motifs is 6. The van der Waals surface area contributed by atoms with E-state index in [1.54, 1.807) is 51.3 Å². The molecule has 10 N–H and O–H groups in total. The number of nitrogens with one attached hydrogen (secondary N) is 6. The molecule has 6 amide bonds. The highest BCUT2D eigenvalue weighted by atomic mass is 19.3. The van der Waals surface area contributed by atoms with Crippen molar-refractivity contribution in [3.05, 3.63) is 172 Å². The fourth-order valence-corrected chi connectivity index (χ4v) is 17.1. The molecule has 0 aliphatic heterocycles. The smallest absolute Gasteiger partial charge is 0.244 e. The van der Waals surface area contributed by atoms with Crippen LogP contribution >= 0.6 is 0 Å². The number of alkyl halides is 2. The maximum atomic E-state index is 13.3. The van der Waals surface area contributed by atoms with Gasteiger partial charge in [-0.3, -0.25) is 88.1 Å². The highest BCUT2D eigenvalue weighted by molar-refractivity contribution is 5.96. The summed E-state index contributed by atoms with van der Waals surface area (Å²) in [7, 11) is 0. The molecular weight excluding hydrogens is 1860 g/mol. The summed E-state index contributed by atoms with van der Waals surface area (Å²) < 4.78 is 51.0. The first-order valence-corrected chi connectivity index (χ1v) is 50.5. The number of nitrogens with zero attached hydrogens (tertiary/aromatic N) is 18. The van der Waals surface area contributed by atoms with Crippen molar-refractivity contribution >= 4 is 138 Å². The third-order valence-electron chi connectivity index (χ3n) is 26.9. The van der Waals surface area contributed by atoms with E-state index >= 15 is 0 Å². The van der Waals surface area contributed by atoms with Crippen molar-refractivity contribution in [2.75, 3.05) is 31.9 Å². The van der Waals surface area contributed by atoms with Gasteiger partial charge in [-0.25, -0.2) is 73.0 Å². The Morgan fingerprint density at radius 3 is 1.03 bits per heavy atom. The number of hydrogen-bond acceptors (Lipinski definition) is 22. The van der Waals surface area contributed by atoms with E-state index in [2.05, 4.69) is 118 Å². The molecule has 14 aromatic rings. The van der Waals surface area contributed by atoms with Crippen molar-refractivity contribution in [2.24, 2.45) is 10.8 Å². The van der Waals surface area contributed by atoms with Crippen LogP contribution in [0.5, 0.6) is 0 Å². The number of rotatable bonds is 26. The number of benzene rings is 2. The molecule has 4 saturated carbocycles. The van der Waals surface area contributed by atoms with E-state index in [9.17, 15) is 62.4 Å². The molecule has 3 atom stereocenters. The Hall–Kier alpha value is -13.4. The molecule has 18 rings (SSSR count). The van der Waals surface area contributed by atoms with E-state index < -0.39 is 40.2 Å². The van der Waals surface area contributed by atoms with Crippen molar-refractivity contribution < 1.29 is 62.4 Å². The normalized spacial score (nSPS) is 15.4. The summed E-state index contributed by atoms with van der Waals surface area (Å²) in [5, 5.41) is 57.8. The van der Waals surface area contributed by atoms with Crippen LogP contribution in [0.3, 0.4) is 0 Å². The Morgan fingerprint density at radius 1 is 0.356 bits per heavy atom. The number of halogens is 3. The molecule has 37 heteroatoms. The van der Waals surface area contributed by atoms with Crippen LogP contribution in [-0.2, 0) is 39.9 Å². The molecule has 780 valence electrons. The standard InChI is InChI=1S/C22H26N4O2.C19H21FN4O2.C18H26N4O.C17H22F2N4O.C17H24N4O2.C16H24N4O2/c1-14-12-18-20(23-15(14)2)26(17-10-7-11-17)21(24-18)25-19(27)13-22(3,28)16-8-5-4-6-9-16;1-4-19(3,26)11-16(25)23-18-22-15-10-5-12(2)21-17(15)24(18)14-8-6-13(20)7-9-14;1-11-9-14-16(19-12(11)2)22(13-7-6-8-13)17(20-14)21-15(23)10-18(3,4)5;1-10-7-8-12-14(20-10)23(11-5-4-6-11)16(21-12)22-13(24)9-17(2,3)15(18)19;1-4-17(3,23)10-14(22)20-16-19-13-9-8-11(2)18-15(13)21(16)12-6-5-7-12;1-10-7-8-11-13(17-10)20(15(2,3)4)14(18-11)19-12(21)9-16(5,6)22/h4-6,8-9,12,17,28H,7,10-11,13H2,1-3H3,(H,24,25,27);5-10,26H,4,11H2,1-3H3,(H,22,23,25);9,13H,6-8,10H2,1-5H3,(H,20,21,23);7-8,11,15H,4-6,9H2,1-3H3,(H,21,22,24);8-9,12,23H,4-7,10H2,1-3H3,(H,19,20,22);7-8,22H,9H2,1-6H3,(H,18,19,21)/t22-;;;;;/m0...../s1. The summed E-state index contributed by atoms with van der Waals surface area (Å²) in [6.07, 6.45) is 11.9. The van der Waals surface area contributed by atoms with Gasteiger partial charge in [0.15, 0.2) is 33.9 Å². The Balaban J connectivity index is 0.000000147. The second kappa shape index (κ2) is 44.9. The van der Waals surface area contributed by atoms with E-state index in [-0.39, 0.29) is 90.4 Å². The van der Waals surface area contributed by atoms with Gasteiger partial charge in [0.1, 0.15) is 38.9 Å². The number of amides is 6. The number of carbonyl (C=O) groups excluding carboxylic acids is 6. The predicted molar refractivity (Wildman–Crippen MR) is 564 cm³/mol. The van der Waals surface area contributed by atoms with Crippen LogP contribution in [0.15, 0.2) is 115 Å². The maximum Gasteiger partial charge on any atom is 0.244 e. The van der Waals surface area contributed by atoms with Gasteiger partial charge in [0.2, 0.25) is 77.6 Å². The quantitative estimate of drug-likeness (QED) is 0.0241. The van der Waals surface area contributed by atoms with E-state index in [4.69, 9.17) is 9.97 Å². The van der Waals surface area contributed by atoms with E-state index in [0.717, 1.165) is 153 Å². The van der Waals surface area contributed by atoms with E-state index in [1.807, 2.05) is 189 Å². The molecule has 2 aromatic carbocycles. The van der Waals surface area contributed by atoms with Crippen LogP contribution in [0.25, 0.3) is 72.7 Å². The van der Waals surface area contributed by atoms with Gasteiger partial charge in [-0.15, -0.1) is 0 Å². The summed E-state index contributed by atoms with van der Waals surface area (Å²) in [6.45, 7) is 42.6. The number of pyridine rings is 6. The lowest BCUT2D eigenvalue weighted by Crippen LogP contribution is -2.31. The summed E-state index contributed by atoms with van der Waals surface area (Å²) in [4.78, 5) is 129. The SMILES string of the molecule is CCC(C)(O)CC(=O)Nc1nc2ccc(C)nc2n1-c1ccc(F)cc1.CCC(C)(O)CC(=O)Nc1nc2ccc(C)nc2n1C1CCC1.Cc1cc2nc(NC(=O)CC(C)(C)C)n(C3CCC3)c2nc1C.Cc1cc2nc(NC(=O)C[C@](C)(O)c3ccccc3)n(C3CCC3)c2nc1C.Cc1ccc2nc(NC(=O)CC(C)(C)C(F)F)n(C3CCC3)c2n1.Cc1ccc2nc(NC(=O)CC(C)(C)O)n(C(C)(C)C)c2n1. The minimum absolute atomic E-state index is 0.00675. The third-order valence-corrected chi connectivity index (χ3v) is 26.9. The number of aromatic nitrogens is 18. The maximum absolute atomic E-state index is 13.3. The molecule has 12 heterocycles. The average Bonchev–Trinajstić information content (AvgIpc) is 1.62. The molecule has 12 aromatic heterocycles. The molecule has 146 heavy (non-hydrogen) atoms. The Bertz CT molecular complexity index is 7080. The molecule has 4 aliphatic rings. The van der Waals surface area contributed by atoms with Crippen LogP contribution in [0.1, 0.15) is 307 Å². The van der Waals surface area contributed by atoms with Crippen molar-refractivity contribution in [2.45, 2.75) is 346 Å². The second-order valence-corrected chi connectivity index (χ2v) is 43.8. The van der Waals surface area contributed by atoms with Gasteiger partial charge < -0.3 is 20.4 Å². The Morgan fingerprint density at radius 2 is 0.671 bits per heavy atom. The number of carbonyl (C=O) groups is 6. The third kappa shape index (κ3) is 27.5. The van der Waals surface area contributed by atoms with Crippen molar-refractivity contribution in [1.82, 2.24) is 87.2 Å². The van der Waals surface area contributed by atoms with Crippen LogP contribution < -0.4 is 31.9 Å². The highest BCUT2D eigenvalue weighted by Crippen LogP contribution is 2.43. The summed E-state index contributed by atoms with van der Waals surface area (Å²) in [6, 6.07) is 35.5. The largest absolute Gasteiger partial charge is 0.390 e. The van der Waals surface area contributed by atoms with Gasteiger partial charge in [-0.05, 0) is 308 Å². The molecule has 0 bridgehead atoms.